The van der Waals surface area contributed by atoms with Crippen LogP contribution >= 0.6 is 0 Å². The SMILES string of the molecule is CN(c1ccccc1)S(=O)(=O)c1cccc(NC(=O)C2CCN(S(C)(=O)=O)CC2)c1. The quantitative estimate of drug-likeness (QED) is 0.725. The molecule has 1 aliphatic heterocycles. The molecule has 1 N–H and O–H groups in total. The zero-order valence-electron chi connectivity index (χ0n) is 16.9. The van der Waals surface area contributed by atoms with E-state index < -0.39 is 20.0 Å². The molecule has 0 spiro atoms. The van der Waals surface area contributed by atoms with E-state index in [2.05, 4.69) is 5.32 Å². The highest BCUT2D eigenvalue weighted by Crippen LogP contribution is 2.25. The Labute approximate surface area is 177 Å². The second-order valence-electron chi connectivity index (χ2n) is 7.26. The number of piperidine rings is 1. The summed E-state index contributed by atoms with van der Waals surface area (Å²) in [5, 5.41) is 2.77. The predicted octanol–water partition coefficient (Wildman–Crippen LogP) is 2.12. The molecule has 1 saturated heterocycles. The van der Waals surface area contributed by atoms with E-state index in [1.807, 2.05) is 0 Å². The van der Waals surface area contributed by atoms with Crippen molar-refractivity contribution in [3.8, 4) is 0 Å². The van der Waals surface area contributed by atoms with E-state index in [-0.39, 0.29) is 16.7 Å². The van der Waals surface area contributed by atoms with E-state index in [1.165, 1.54) is 27.8 Å². The van der Waals surface area contributed by atoms with Gasteiger partial charge in [0.25, 0.3) is 10.0 Å². The van der Waals surface area contributed by atoms with Crippen molar-refractivity contribution in [1.82, 2.24) is 4.31 Å². The molecule has 2 aromatic carbocycles. The molecule has 162 valence electrons. The van der Waals surface area contributed by atoms with Gasteiger partial charge in [0.15, 0.2) is 0 Å². The van der Waals surface area contributed by atoms with E-state index in [0.717, 1.165) is 6.26 Å². The first-order valence-electron chi connectivity index (χ1n) is 9.49. The molecule has 0 radical (unpaired) electrons. The summed E-state index contributed by atoms with van der Waals surface area (Å²) in [5.74, 6) is -0.565. The summed E-state index contributed by atoms with van der Waals surface area (Å²) >= 11 is 0. The average molecular weight is 452 g/mol. The fourth-order valence-electron chi connectivity index (χ4n) is 3.36. The molecule has 0 saturated carbocycles. The number of sulfonamides is 2. The molecule has 3 rings (SSSR count). The van der Waals surface area contributed by atoms with Gasteiger partial charge in [0.2, 0.25) is 15.9 Å². The van der Waals surface area contributed by atoms with Crippen LogP contribution in [0.1, 0.15) is 12.8 Å². The van der Waals surface area contributed by atoms with Crippen LogP contribution in [0, 0.1) is 5.92 Å². The number of nitrogens with one attached hydrogen (secondary N) is 1. The zero-order chi connectivity index (χ0) is 21.9. The molecule has 0 atom stereocenters. The lowest BCUT2D eigenvalue weighted by Crippen LogP contribution is -2.40. The molecule has 0 aromatic heterocycles. The van der Waals surface area contributed by atoms with Gasteiger partial charge >= 0.3 is 0 Å². The number of carbonyl (C=O) groups excluding carboxylic acids is 1. The number of rotatable bonds is 6. The van der Waals surface area contributed by atoms with Crippen LogP contribution in [0.5, 0.6) is 0 Å². The van der Waals surface area contributed by atoms with Crippen molar-refractivity contribution in [3.63, 3.8) is 0 Å². The third-order valence-electron chi connectivity index (χ3n) is 5.17. The van der Waals surface area contributed by atoms with Crippen LogP contribution in [0.25, 0.3) is 0 Å². The van der Waals surface area contributed by atoms with Gasteiger partial charge in [-0.1, -0.05) is 24.3 Å². The fraction of sp³-hybridized carbons (Fsp3) is 0.350. The first-order chi connectivity index (χ1) is 14.1. The molecule has 1 heterocycles. The largest absolute Gasteiger partial charge is 0.326 e. The number of nitrogens with zero attached hydrogens (tertiary/aromatic N) is 2. The van der Waals surface area contributed by atoms with Crippen LogP contribution < -0.4 is 9.62 Å². The van der Waals surface area contributed by atoms with E-state index in [9.17, 15) is 21.6 Å². The van der Waals surface area contributed by atoms with Crippen molar-refractivity contribution in [3.05, 3.63) is 54.6 Å². The first kappa shape index (κ1) is 22.3. The molecule has 1 aliphatic rings. The van der Waals surface area contributed by atoms with Gasteiger partial charge in [0.05, 0.1) is 16.8 Å². The first-order valence-corrected chi connectivity index (χ1v) is 12.8. The second kappa shape index (κ2) is 8.75. The maximum Gasteiger partial charge on any atom is 0.264 e. The molecule has 1 amide bonds. The molecule has 0 bridgehead atoms. The van der Waals surface area contributed by atoms with Crippen LogP contribution in [0.3, 0.4) is 0 Å². The van der Waals surface area contributed by atoms with E-state index in [0.29, 0.717) is 37.3 Å². The summed E-state index contributed by atoms with van der Waals surface area (Å²) in [7, 11) is -5.57. The monoisotopic (exact) mass is 451 g/mol. The zero-order valence-corrected chi connectivity index (χ0v) is 18.5. The van der Waals surface area contributed by atoms with Gasteiger partial charge in [-0.25, -0.2) is 21.1 Å². The molecule has 0 aliphatic carbocycles. The van der Waals surface area contributed by atoms with Gasteiger partial charge in [0, 0.05) is 31.7 Å². The Bertz CT molecular complexity index is 1110. The van der Waals surface area contributed by atoms with Gasteiger partial charge < -0.3 is 5.32 Å². The van der Waals surface area contributed by atoms with Crippen LogP contribution in [0.4, 0.5) is 11.4 Å². The minimum atomic E-state index is -3.79. The lowest BCUT2D eigenvalue weighted by molar-refractivity contribution is -0.120. The van der Waals surface area contributed by atoms with Gasteiger partial charge in [0.1, 0.15) is 0 Å². The van der Waals surface area contributed by atoms with Crippen LogP contribution in [-0.2, 0) is 24.8 Å². The van der Waals surface area contributed by atoms with E-state index in [4.69, 9.17) is 0 Å². The summed E-state index contributed by atoms with van der Waals surface area (Å²) in [6.07, 6.45) is 2.01. The third-order valence-corrected chi connectivity index (χ3v) is 8.26. The van der Waals surface area contributed by atoms with Crippen molar-refractivity contribution in [2.24, 2.45) is 5.92 Å². The number of hydrogen-bond acceptors (Lipinski definition) is 5. The fourth-order valence-corrected chi connectivity index (χ4v) is 5.48. The number of benzene rings is 2. The van der Waals surface area contributed by atoms with Crippen LogP contribution in [0.2, 0.25) is 0 Å². The van der Waals surface area contributed by atoms with Gasteiger partial charge in [-0.05, 0) is 43.2 Å². The molecule has 8 nitrogen and oxygen atoms in total. The lowest BCUT2D eigenvalue weighted by Gasteiger charge is -2.29. The van der Waals surface area contributed by atoms with Crippen molar-refractivity contribution in [2.45, 2.75) is 17.7 Å². The predicted molar refractivity (Wildman–Crippen MR) is 116 cm³/mol. The summed E-state index contributed by atoms with van der Waals surface area (Å²) < 4.78 is 51.7. The minimum Gasteiger partial charge on any atom is -0.326 e. The smallest absolute Gasteiger partial charge is 0.264 e. The number of hydrogen-bond donors (Lipinski definition) is 1. The molecule has 10 heteroatoms. The van der Waals surface area contributed by atoms with Crippen molar-refractivity contribution in [1.29, 1.82) is 0 Å². The van der Waals surface area contributed by atoms with Gasteiger partial charge in [-0.3, -0.25) is 9.10 Å². The number of anilines is 2. The van der Waals surface area contributed by atoms with Gasteiger partial charge in [-0.2, -0.15) is 0 Å². The van der Waals surface area contributed by atoms with Crippen molar-refractivity contribution in [2.75, 3.05) is 36.0 Å². The Balaban J connectivity index is 1.71. The van der Waals surface area contributed by atoms with Gasteiger partial charge in [-0.15, -0.1) is 0 Å². The van der Waals surface area contributed by atoms with E-state index in [1.54, 1.807) is 42.5 Å². The standard InChI is InChI=1S/C20H25N3O5S2/c1-22(18-8-4-3-5-9-18)30(27,28)19-10-6-7-17(15-19)21-20(24)16-11-13-23(14-12-16)29(2,25)26/h3-10,15-16H,11-14H2,1-2H3,(H,21,24). The Kier molecular flexibility index (Phi) is 6.49. The highest BCUT2D eigenvalue weighted by molar-refractivity contribution is 7.92. The molecule has 1 fully saturated rings. The molecule has 2 aromatic rings. The summed E-state index contributed by atoms with van der Waals surface area (Å²) in [6, 6.07) is 14.8. The Hall–Kier alpha value is -2.43. The second-order valence-corrected chi connectivity index (χ2v) is 11.2. The highest BCUT2D eigenvalue weighted by Gasteiger charge is 2.29. The number of carbonyl (C=O) groups is 1. The molecule has 0 unspecified atom stereocenters. The normalized spacial score (nSPS) is 16.2. The van der Waals surface area contributed by atoms with Crippen LogP contribution in [0.15, 0.2) is 59.5 Å². The average Bonchev–Trinajstić information content (AvgIpc) is 2.73. The summed E-state index contributed by atoms with van der Waals surface area (Å²) in [6.45, 7) is 0.598. The maximum atomic E-state index is 13.0. The van der Waals surface area contributed by atoms with E-state index >= 15 is 0 Å². The highest BCUT2D eigenvalue weighted by atomic mass is 32.2. The Morgan fingerprint density at radius 1 is 1.00 bits per heavy atom. The maximum absolute atomic E-state index is 13.0. The third kappa shape index (κ3) is 5.00. The topological polar surface area (TPSA) is 104 Å². The molecular formula is C20H25N3O5S2. The Morgan fingerprint density at radius 2 is 1.63 bits per heavy atom. The lowest BCUT2D eigenvalue weighted by atomic mass is 9.97. The number of para-hydroxylation sites is 1. The molecular weight excluding hydrogens is 426 g/mol. The Morgan fingerprint density at radius 3 is 2.23 bits per heavy atom. The summed E-state index contributed by atoms with van der Waals surface area (Å²) in [5.41, 5.74) is 0.914. The number of amides is 1. The summed E-state index contributed by atoms with van der Waals surface area (Å²) in [4.78, 5) is 12.7. The van der Waals surface area contributed by atoms with Crippen LogP contribution in [-0.4, -0.2) is 53.4 Å². The van der Waals surface area contributed by atoms with Crippen molar-refractivity contribution < 1.29 is 21.6 Å². The molecule has 30 heavy (non-hydrogen) atoms. The van der Waals surface area contributed by atoms with Crippen molar-refractivity contribution >= 4 is 37.3 Å². The minimum absolute atomic E-state index is 0.0681.